The van der Waals surface area contributed by atoms with Crippen molar-refractivity contribution < 1.29 is 52.5 Å². The molecule has 5 aromatic rings. The van der Waals surface area contributed by atoms with Crippen molar-refractivity contribution in [2.45, 2.75) is 57.8 Å². The molecule has 1 unspecified atom stereocenters. The predicted octanol–water partition coefficient (Wildman–Crippen LogP) is 3.72. The van der Waals surface area contributed by atoms with E-state index in [-0.39, 0.29) is 83.9 Å². The smallest absolute Gasteiger partial charge is 0.262 e. The molecule has 2 fully saturated rings. The second kappa shape index (κ2) is 18.2. The summed E-state index contributed by atoms with van der Waals surface area (Å²) < 4.78 is 30.9. The third kappa shape index (κ3) is 8.84. The molecule has 2 saturated heterocycles. The lowest BCUT2D eigenvalue weighted by molar-refractivity contribution is -0.136. The number of aliphatic hydroxyl groups is 1. The molecule has 0 bridgehead atoms. The molecule has 1 atom stereocenters. The summed E-state index contributed by atoms with van der Waals surface area (Å²) in [5, 5.41) is 21.9. The fourth-order valence-corrected chi connectivity index (χ4v) is 8.22. The lowest BCUT2D eigenvalue weighted by atomic mass is 10.0. The van der Waals surface area contributed by atoms with Crippen LogP contribution in [-0.2, 0) is 32.8 Å². The van der Waals surface area contributed by atoms with Crippen molar-refractivity contribution in [3.05, 3.63) is 101 Å². The minimum absolute atomic E-state index is 0.0367. The van der Waals surface area contributed by atoms with Gasteiger partial charge in [-0.2, -0.15) is 5.10 Å². The average Bonchev–Trinajstić information content (AvgIpc) is 3.96. The maximum atomic E-state index is 15.8. The molecular weight excluding hydrogens is 832 g/mol. The Hall–Kier alpha value is -7.25. The first kappa shape index (κ1) is 43.4. The molecule has 2 aromatic carbocycles. The molecule has 64 heavy (non-hydrogen) atoms. The van der Waals surface area contributed by atoms with Gasteiger partial charge < -0.3 is 34.5 Å². The normalized spacial score (nSPS) is 16.6. The van der Waals surface area contributed by atoms with Crippen LogP contribution in [-0.4, -0.2) is 115 Å². The van der Waals surface area contributed by atoms with E-state index in [1.165, 1.54) is 42.1 Å². The Morgan fingerprint density at radius 2 is 1.73 bits per heavy atom. The maximum Gasteiger partial charge on any atom is 0.262 e. The zero-order valence-electron chi connectivity index (χ0n) is 35.0. The number of likely N-dealkylation sites (tertiary alicyclic amines) is 1. The summed E-state index contributed by atoms with van der Waals surface area (Å²) in [6, 6.07) is 11.3. The van der Waals surface area contributed by atoms with Crippen molar-refractivity contribution in [1.29, 1.82) is 0 Å². The van der Waals surface area contributed by atoms with Crippen molar-refractivity contribution in [2.75, 3.05) is 43.5 Å². The summed E-state index contributed by atoms with van der Waals surface area (Å²) in [5.74, 6) is -3.57. The molecule has 0 aliphatic carbocycles. The molecule has 3 aliphatic heterocycles. The van der Waals surface area contributed by atoms with Gasteiger partial charge in [0, 0.05) is 88.1 Å². The zero-order chi connectivity index (χ0) is 45.2. The van der Waals surface area contributed by atoms with Crippen molar-refractivity contribution in [2.24, 2.45) is 7.05 Å². The Morgan fingerprint density at radius 1 is 0.953 bits per heavy atom. The fourth-order valence-electron chi connectivity index (χ4n) is 8.22. The Bertz CT molecular complexity index is 2720. The number of pyridine rings is 1. The molecular formula is C45H45FN8O10. The number of piperidine rings is 2. The molecule has 6 amide bonds. The molecule has 3 aliphatic rings. The van der Waals surface area contributed by atoms with Crippen LogP contribution in [0.2, 0.25) is 0 Å². The standard InChI is InChI=1S/C45H45FN8O10/c1-25(56)37-21-34(42(59)49-35-18-26(24-55)17-32(41(35)46)27-22-48-51(2)23-27)38-20-30(9-14-53(37)38)64-29-7-12-52(13-8-29)40(58)10-15-63-16-11-47-28-3-4-31-33(19-28)45(62)54(44(31)61)36-5-6-39(57)50-43(36)60/h3-4,9,14,17-23,29,36,47,55H,5-8,10-13,15-16,24H2,1-2H3,(H,49,59)(H,50,57,60). The number of nitrogens with zero attached hydrogens (tertiary/aromatic N) is 5. The van der Waals surface area contributed by atoms with E-state index in [0.29, 0.717) is 60.6 Å². The summed E-state index contributed by atoms with van der Waals surface area (Å²) in [6.45, 7) is 2.72. The molecule has 18 nitrogen and oxygen atoms in total. The topological polar surface area (TPSA) is 223 Å². The van der Waals surface area contributed by atoms with Crippen LogP contribution in [0.4, 0.5) is 15.8 Å². The van der Waals surface area contributed by atoms with Crippen molar-refractivity contribution >= 4 is 58.1 Å². The first-order valence-corrected chi connectivity index (χ1v) is 20.8. The highest BCUT2D eigenvalue weighted by Crippen LogP contribution is 2.32. The van der Waals surface area contributed by atoms with E-state index in [0.717, 1.165) is 4.90 Å². The van der Waals surface area contributed by atoms with Crippen molar-refractivity contribution in [3.63, 3.8) is 0 Å². The van der Waals surface area contributed by atoms with Crippen LogP contribution in [0.15, 0.2) is 67.1 Å². The number of Topliss-reactive ketones (excluding diaryl/α,β-unsaturated/α-hetero) is 1. The van der Waals surface area contributed by atoms with E-state index in [2.05, 4.69) is 21.0 Å². The van der Waals surface area contributed by atoms with Gasteiger partial charge in [0.15, 0.2) is 11.6 Å². The van der Waals surface area contributed by atoms with E-state index in [9.17, 15) is 38.7 Å². The van der Waals surface area contributed by atoms with E-state index in [1.54, 1.807) is 53.0 Å². The lowest BCUT2D eigenvalue weighted by Crippen LogP contribution is -2.54. The van der Waals surface area contributed by atoms with Gasteiger partial charge in [-0.05, 0) is 54.4 Å². The van der Waals surface area contributed by atoms with Crippen LogP contribution in [0.5, 0.6) is 5.75 Å². The number of nitrogens with one attached hydrogen (secondary N) is 3. The lowest BCUT2D eigenvalue weighted by Gasteiger charge is -2.32. The molecule has 0 spiro atoms. The monoisotopic (exact) mass is 876 g/mol. The van der Waals surface area contributed by atoms with Gasteiger partial charge in [-0.25, -0.2) is 4.39 Å². The quantitative estimate of drug-likeness (QED) is 0.0672. The zero-order valence-corrected chi connectivity index (χ0v) is 35.0. The summed E-state index contributed by atoms with van der Waals surface area (Å²) in [6.07, 6.45) is 5.88. The largest absolute Gasteiger partial charge is 0.490 e. The van der Waals surface area contributed by atoms with Crippen LogP contribution in [0.3, 0.4) is 0 Å². The second-order valence-corrected chi connectivity index (χ2v) is 15.8. The number of rotatable bonds is 15. The maximum absolute atomic E-state index is 15.8. The van der Waals surface area contributed by atoms with Crippen molar-refractivity contribution in [1.82, 2.24) is 29.3 Å². The van der Waals surface area contributed by atoms with Gasteiger partial charge in [0.1, 0.15) is 17.9 Å². The number of halogens is 1. The summed E-state index contributed by atoms with van der Waals surface area (Å²) in [4.78, 5) is 92.0. The van der Waals surface area contributed by atoms with Crippen LogP contribution < -0.4 is 20.7 Å². The third-order valence-electron chi connectivity index (χ3n) is 11.5. The van der Waals surface area contributed by atoms with Gasteiger partial charge in [-0.1, -0.05) is 0 Å². The van der Waals surface area contributed by atoms with Gasteiger partial charge in [-0.15, -0.1) is 0 Å². The van der Waals surface area contributed by atoms with Gasteiger partial charge >= 0.3 is 0 Å². The van der Waals surface area contributed by atoms with Crippen LogP contribution >= 0.6 is 0 Å². The Balaban J connectivity index is 0.809. The molecule has 0 saturated carbocycles. The number of fused-ring (bicyclic) bond motifs is 2. The van der Waals surface area contributed by atoms with Crippen LogP contribution in [0.1, 0.15) is 86.2 Å². The molecule has 3 aromatic heterocycles. The number of aliphatic hydroxyl groups excluding tert-OH is 1. The van der Waals surface area contributed by atoms with Crippen molar-refractivity contribution in [3.8, 4) is 16.9 Å². The molecule has 8 rings (SSSR count). The van der Waals surface area contributed by atoms with Crippen LogP contribution in [0, 0.1) is 5.82 Å². The molecule has 0 radical (unpaired) electrons. The Kier molecular flexibility index (Phi) is 12.4. The van der Waals surface area contributed by atoms with Gasteiger partial charge in [0.2, 0.25) is 17.7 Å². The van der Waals surface area contributed by atoms with Gasteiger partial charge in [0.05, 0.1) is 66.0 Å². The van der Waals surface area contributed by atoms with Gasteiger partial charge in [-0.3, -0.25) is 48.5 Å². The number of amides is 6. The predicted molar refractivity (Wildman–Crippen MR) is 227 cm³/mol. The highest BCUT2D eigenvalue weighted by Gasteiger charge is 2.44. The van der Waals surface area contributed by atoms with E-state index in [4.69, 9.17) is 9.47 Å². The fraction of sp³-hybridized carbons (Fsp3) is 0.333. The molecule has 4 N–H and O–H groups in total. The molecule has 19 heteroatoms. The number of imide groups is 2. The average molecular weight is 877 g/mol. The number of benzene rings is 2. The molecule has 6 heterocycles. The number of ketones is 1. The number of anilines is 2. The highest BCUT2D eigenvalue weighted by molar-refractivity contribution is 6.23. The minimum atomic E-state index is -1.04. The number of hydrogen-bond acceptors (Lipinski definition) is 12. The first-order chi connectivity index (χ1) is 30.8. The van der Waals surface area contributed by atoms with Gasteiger partial charge in [0.25, 0.3) is 17.7 Å². The molecule has 332 valence electrons. The minimum Gasteiger partial charge on any atom is -0.490 e. The number of hydrogen-bond donors (Lipinski definition) is 4. The summed E-state index contributed by atoms with van der Waals surface area (Å²) in [7, 11) is 1.69. The number of ether oxygens (including phenoxy) is 2. The third-order valence-corrected chi connectivity index (χ3v) is 11.5. The number of aryl methyl sites for hydroxylation is 1. The number of carbonyl (C=O) groups excluding carboxylic acids is 7. The Labute approximate surface area is 365 Å². The van der Waals surface area contributed by atoms with E-state index < -0.39 is 48.0 Å². The Morgan fingerprint density at radius 3 is 2.45 bits per heavy atom. The number of carbonyl (C=O) groups is 7. The number of aromatic nitrogens is 3. The SMILES string of the molecule is CC(=O)c1cc(C(=O)Nc2cc(CO)cc(-c3cnn(C)c3)c2F)c2cc(OC3CCN(C(=O)CCOCCNc4ccc5c(c4)C(=O)N(C4CCC(=O)NC4=O)C5=O)CC3)ccn12. The first-order valence-electron chi connectivity index (χ1n) is 20.8. The second-order valence-electron chi connectivity index (χ2n) is 15.8. The highest BCUT2D eigenvalue weighted by atomic mass is 19.1. The van der Waals surface area contributed by atoms with E-state index >= 15 is 4.39 Å². The summed E-state index contributed by atoms with van der Waals surface area (Å²) in [5.41, 5.74) is 2.50. The van der Waals surface area contributed by atoms with E-state index in [1.807, 2.05) is 0 Å². The summed E-state index contributed by atoms with van der Waals surface area (Å²) >= 11 is 0. The van der Waals surface area contributed by atoms with Crippen LogP contribution in [0.25, 0.3) is 16.6 Å².